The Morgan fingerprint density at radius 1 is 1.42 bits per heavy atom. The topological polar surface area (TPSA) is 69.7 Å². The van der Waals surface area contributed by atoms with Crippen LogP contribution >= 0.6 is 0 Å². The molecule has 19 heavy (non-hydrogen) atoms. The zero-order valence-electron chi connectivity index (χ0n) is 11.6. The Kier molecular flexibility index (Phi) is 3.00. The van der Waals surface area contributed by atoms with Gasteiger partial charge in [0.1, 0.15) is 5.82 Å². The molecule has 2 aromatic rings. The summed E-state index contributed by atoms with van der Waals surface area (Å²) < 4.78 is 0. The van der Waals surface area contributed by atoms with Gasteiger partial charge in [-0.15, -0.1) is 0 Å². The number of nitrogens with one attached hydrogen (secondary N) is 2. The summed E-state index contributed by atoms with van der Waals surface area (Å²) in [6.45, 7) is 5.50. The van der Waals surface area contributed by atoms with Crippen molar-refractivity contribution in [3.05, 3.63) is 6.20 Å². The zero-order chi connectivity index (χ0) is 13.4. The van der Waals surface area contributed by atoms with Gasteiger partial charge in [0.25, 0.3) is 0 Å². The number of anilines is 2. The number of fused-ring (bicyclic) bond motifs is 1. The van der Waals surface area contributed by atoms with E-state index in [-0.39, 0.29) is 0 Å². The van der Waals surface area contributed by atoms with Gasteiger partial charge in [-0.1, -0.05) is 13.8 Å². The van der Waals surface area contributed by atoms with Crippen molar-refractivity contribution in [2.24, 2.45) is 5.92 Å². The van der Waals surface area contributed by atoms with Crippen LogP contribution in [0.2, 0.25) is 0 Å². The van der Waals surface area contributed by atoms with Gasteiger partial charge in [-0.3, -0.25) is 5.10 Å². The highest BCUT2D eigenvalue weighted by Crippen LogP contribution is 2.34. The number of rotatable bonds is 5. The van der Waals surface area contributed by atoms with Gasteiger partial charge in [-0.05, 0) is 18.8 Å². The molecule has 0 bridgehead atoms. The Hall–Kier alpha value is -1.85. The lowest BCUT2D eigenvalue weighted by Gasteiger charge is -2.26. The minimum atomic E-state index is 0.607. The van der Waals surface area contributed by atoms with E-state index >= 15 is 0 Å². The third-order valence-corrected chi connectivity index (χ3v) is 3.33. The molecule has 0 saturated heterocycles. The molecule has 6 heteroatoms. The number of H-pyrrole nitrogens is 1. The van der Waals surface area contributed by atoms with Crippen molar-refractivity contribution in [2.45, 2.75) is 32.7 Å². The average Bonchev–Trinajstić information content (AvgIpc) is 3.12. The van der Waals surface area contributed by atoms with Gasteiger partial charge in [0.05, 0.1) is 11.6 Å². The lowest BCUT2D eigenvalue weighted by Crippen LogP contribution is -2.31. The minimum absolute atomic E-state index is 0.607. The van der Waals surface area contributed by atoms with E-state index in [1.807, 2.05) is 13.2 Å². The van der Waals surface area contributed by atoms with Gasteiger partial charge in [0, 0.05) is 19.6 Å². The molecular weight excluding hydrogens is 240 g/mol. The molecule has 6 nitrogen and oxygen atoms in total. The molecule has 102 valence electrons. The number of aromatic amines is 1. The highest BCUT2D eigenvalue weighted by molar-refractivity contribution is 5.87. The number of nitrogens with zero attached hydrogens (tertiary/aromatic N) is 4. The molecule has 1 saturated carbocycles. The van der Waals surface area contributed by atoms with E-state index in [4.69, 9.17) is 0 Å². The highest BCUT2D eigenvalue weighted by Gasteiger charge is 2.32. The summed E-state index contributed by atoms with van der Waals surface area (Å²) in [7, 11) is 1.84. The van der Waals surface area contributed by atoms with Crippen LogP contribution in [0.15, 0.2) is 6.20 Å². The Morgan fingerprint density at radius 3 is 2.84 bits per heavy atom. The number of aromatic nitrogens is 4. The molecular formula is C13H20N6. The summed E-state index contributed by atoms with van der Waals surface area (Å²) in [5.41, 5.74) is 0.795. The van der Waals surface area contributed by atoms with E-state index in [2.05, 4.69) is 44.2 Å². The van der Waals surface area contributed by atoms with Crippen LogP contribution in [0, 0.1) is 5.92 Å². The first-order valence-corrected chi connectivity index (χ1v) is 6.84. The van der Waals surface area contributed by atoms with Crippen molar-refractivity contribution in [3.8, 4) is 0 Å². The van der Waals surface area contributed by atoms with E-state index in [1.165, 1.54) is 12.8 Å². The van der Waals surface area contributed by atoms with Gasteiger partial charge in [-0.2, -0.15) is 15.1 Å². The smallest absolute Gasteiger partial charge is 0.226 e. The molecule has 0 amide bonds. The van der Waals surface area contributed by atoms with Crippen molar-refractivity contribution in [2.75, 3.05) is 23.8 Å². The van der Waals surface area contributed by atoms with Crippen LogP contribution < -0.4 is 10.2 Å². The van der Waals surface area contributed by atoms with Crippen molar-refractivity contribution < 1.29 is 0 Å². The summed E-state index contributed by atoms with van der Waals surface area (Å²) in [6.07, 6.45) is 4.33. The second kappa shape index (κ2) is 4.68. The van der Waals surface area contributed by atoms with Crippen LogP contribution in [0.25, 0.3) is 11.0 Å². The Labute approximate surface area is 112 Å². The van der Waals surface area contributed by atoms with Crippen LogP contribution in [-0.4, -0.2) is 39.8 Å². The largest absolute Gasteiger partial charge is 0.357 e. The summed E-state index contributed by atoms with van der Waals surface area (Å²) in [5, 5.41) is 11.1. The fraction of sp³-hybridized carbons (Fsp3) is 0.615. The SMILES string of the molecule is CNc1nc(N(CC(C)C)C2CC2)c2cn[nH]c2n1. The summed E-state index contributed by atoms with van der Waals surface area (Å²) in [4.78, 5) is 11.4. The van der Waals surface area contributed by atoms with E-state index in [0.29, 0.717) is 17.9 Å². The van der Waals surface area contributed by atoms with Gasteiger partial charge in [0.15, 0.2) is 5.65 Å². The van der Waals surface area contributed by atoms with Gasteiger partial charge >= 0.3 is 0 Å². The van der Waals surface area contributed by atoms with Crippen LogP contribution in [0.3, 0.4) is 0 Å². The molecule has 1 aliphatic carbocycles. The third kappa shape index (κ3) is 2.34. The van der Waals surface area contributed by atoms with Gasteiger partial charge < -0.3 is 10.2 Å². The first-order chi connectivity index (χ1) is 9.19. The predicted octanol–water partition coefficient (Wildman–Crippen LogP) is 2.02. The first kappa shape index (κ1) is 12.2. The lowest BCUT2D eigenvalue weighted by atomic mass is 10.2. The molecule has 0 atom stereocenters. The van der Waals surface area contributed by atoms with Crippen molar-refractivity contribution >= 4 is 22.8 Å². The predicted molar refractivity (Wildman–Crippen MR) is 76.4 cm³/mol. The third-order valence-electron chi connectivity index (χ3n) is 3.33. The molecule has 0 radical (unpaired) electrons. The van der Waals surface area contributed by atoms with Crippen molar-refractivity contribution in [3.63, 3.8) is 0 Å². The minimum Gasteiger partial charge on any atom is -0.357 e. The van der Waals surface area contributed by atoms with Crippen LogP contribution in [0.1, 0.15) is 26.7 Å². The highest BCUT2D eigenvalue weighted by atomic mass is 15.3. The molecule has 2 heterocycles. The number of hydrogen-bond donors (Lipinski definition) is 2. The van der Waals surface area contributed by atoms with Crippen molar-refractivity contribution in [1.82, 2.24) is 20.2 Å². The molecule has 1 aliphatic rings. The van der Waals surface area contributed by atoms with Gasteiger partial charge in [-0.25, -0.2) is 0 Å². The summed E-state index contributed by atoms with van der Waals surface area (Å²) >= 11 is 0. The molecule has 0 aromatic carbocycles. The zero-order valence-corrected chi connectivity index (χ0v) is 11.6. The Balaban J connectivity index is 2.07. The maximum atomic E-state index is 4.65. The molecule has 1 fully saturated rings. The second-order valence-electron chi connectivity index (χ2n) is 5.53. The monoisotopic (exact) mass is 260 g/mol. The van der Waals surface area contributed by atoms with Crippen LogP contribution in [0.4, 0.5) is 11.8 Å². The average molecular weight is 260 g/mol. The maximum Gasteiger partial charge on any atom is 0.226 e. The first-order valence-electron chi connectivity index (χ1n) is 6.84. The summed E-state index contributed by atoms with van der Waals surface area (Å²) in [5.74, 6) is 2.25. The molecule has 0 aliphatic heterocycles. The Bertz CT molecular complexity index is 572. The standard InChI is InChI=1S/C13H20N6/c1-8(2)7-19(9-4-5-9)12-10-6-15-18-11(10)16-13(14-3)17-12/h6,8-9H,4-5,7H2,1-3H3,(H2,14,15,16,17,18). The summed E-state index contributed by atoms with van der Waals surface area (Å²) in [6, 6.07) is 0.625. The lowest BCUT2D eigenvalue weighted by molar-refractivity contribution is 0.604. The van der Waals surface area contributed by atoms with E-state index in [0.717, 1.165) is 23.4 Å². The van der Waals surface area contributed by atoms with Gasteiger partial charge in [0.2, 0.25) is 5.95 Å². The molecule has 0 unspecified atom stereocenters. The fourth-order valence-corrected chi connectivity index (χ4v) is 2.34. The molecule has 2 N–H and O–H groups in total. The van der Waals surface area contributed by atoms with E-state index in [9.17, 15) is 0 Å². The van der Waals surface area contributed by atoms with Crippen LogP contribution in [0.5, 0.6) is 0 Å². The Morgan fingerprint density at radius 2 is 2.21 bits per heavy atom. The number of hydrogen-bond acceptors (Lipinski definition) is 5. The molecule has 0 spiro atoms. The quantitative estimate of drug-likeness (QED) is 0.860. The normalized spacial score (nSPS) is 15.2. The maximum absolute atomic E-state index is 4.65. The second-order valence-corrected chi connectivity index (χ2v) is 5.53. The molecule has 2 aromatic heterocycles. The van der Waals surface area contributed by atoms with E-state index < -0.39 is 0 Å². The fourth-order valence-electron chi connectivity index (χ4n) is 2.34. The molecule has 3 rings (SSSR count). The van der Waals surface area contributed by atoms with Crippen molar-refractivity contribution in [1.29, 1.82) is 0 Å². The van der Waals surface area contributed by atoms with Crippen LogP contribution in [-0.2, 0) is 0 Å². The van der Waals surface area contributed by atoms with E-state index in [1.54, 1.807) is 0 Å².